The van der Waals surface area contributed by atoms with Crippen LogP contribution in [0.1, 0.15) is 11.1 Å². The fraction of sp³-hybridized carbons (Fsp3) is 0.400. The topological polar surface area (TPSA) is 47.6 Å². The largest absolute Gasteiger partial charge is 0.507 e. The van der Waals surface area contributed by atoms with Crippen LogP contribution in [0.25, 0.3) is 0 Å². The van der Waals surface area contributed by atoms with Crippen LogP contribution < -0.4 is 19.3 Å². The molecule has 1 fully saturated rings. The van der Waals surface area contributed by atoms with Gasteiger partial charge in [0.1, 0.15) is 45.0 Å². The van der Waals surface area contributed by atoms with Crippen LogP contribution in [0.3, 0.4) is 0 Å². The first kappa shape index (κ1) is 19.0. The molecule has 0 atom stereocenters. The first-order valence-corrected chi connectivity index (χ1v) is 9.74. The number of phenols is 1. The fourth-order valence-electron chi connectivity index (χ4n) is 3.64. The molecule has 3 rings (SSSR count). The van der Waals surface area contributed by atoms with Gasteiger partial charge in [0.25, 0.3) is 0 Å². The van der Waals surface area contributed by atoms with E-state index in [1.54, 1.807) is 25.2 Å². The molecule has 0 radical (unpaired) electrons. The van der Waals surface area contributed by atoms with Crippen molar-refractivity contribution in [1.29, 1.82) is 0 Å². The van der Waals surface area contributed by atoms with Gasteiger partial charge in [-0.2, -0.15) is 0 Å². The minimum atomic E-state index is 0.386. The number of para-hydroxylation sites is 1. The molecule has 0 amide bonds. The molecule has 2 aromatic carbocycles. The fourth-order valence-corrected chi connectivity index (χ4v) is 4.05. The number of phenolic OH excluding ortho intramolecular Hbond substituents is 1. The van der Waals surface area contributed by atoms with Gasteiger partial charge in [-0.15, -0.1) is 0 Å². The summed E-state index contributed by atoms with van der Waals surface area (Å²) in [6.07, 6.45) is 0. The van der Waals surface area contributed by atoms with E-state index in [1.807, 2.05) is 24.3 Å². The van der Waals surface area contributed by atoms with E-state index >= 15 is 0 Å². The van der Waals surface area contributed by atoms with Gasteiger partial charge < -0.3 is 24.4 Å². The van der Waals surface area contributed by atoms with Crippen LogP contribution in [-0.4, -0.2) is 45.5 Å². The second kappa shape index (κ2) is 8.75. The smallest absolute Gasteiger partial charge is 0.169 e. The van der Waals surface area contributed by atoms with Crippen LogP contribution in [-0.2, 0) is 13.1 Å². The van der Waals surface area contributed by atoms with Crippen molar-refractivity contribution in [2.45, 2.75) is 13.1 Å². The van der Waals surface area contributed by atoms with Gasteiger partial charge in [-0.25, -0.2) is 0 Å². The van der Waals surface area contributed by atoms with E-state index in [-0.39, 0.29) is 0 Å². The van der Waals surface area contributed by atoms with Crippen LogP contribution in [0.2, 0.25) is 0 Å². The molecule has 6 heteroatoms. The van der Waals surface area contributed by atoms with Crippen molar-refractivity contribution >= 4 is 15.9 Å². The summed E-state index contributed by atoms with van der Waals surface area (Å²) < 4.78 is 12.0. The van der Waals surface area contributed by atoms with E-state index in [1.165, 1.54) is 10.5 Å². The summed E-state index contributed by atoms with van der Waals surface area (Å²) in [6.45, 7) is 6.19. The quantitative estimate of drug-likeness (QED) is 0.640. The molecule has 1 aliphatic heterocycles. The highest BCUT2D eigenvalue weighted by Gasteiger charge is 2.25. The molecular formula is C20H27BrN2O3+2. The number of rotatable bonds is 6. The Bertz CT molecular complexity index is 746. The van der Waals surface area contributed by atoms with Crippen molar-refractivity contribution in [1.82, 2.24) is 0 Å². The van der Waals surface area contributed by atoms with Gasteiger partial charge in [-0.05, 0) is 30.3 Å². The van der Waals surface area contributed by atoms with E-state index < -0.39 is 0 Å². The number of methoxy groups -OCH3 is 2. The molecule has 1 saturated heterocycles. The summed E-state index contributed by atoms with van der Waals surface area (Å²) in [5, 5.41) is 10.1. The number of halogens is 1. The Hall–Kier alpha value is -1.76. The summed E-state index contributed by atoms with van der Waals surface area (Å²) in [6, 6.07) is 11.7. The molecular weight excluding hydrogens is 396 g/mol. The molecule has 0 saturated carbocycles. The van der Waals surface area contributed by atoms with Crippen molar-refractivity contribution in [2.75, 3.05) is 40.4 Å². The predicted octanol–water partition coefficient (Wildman–Crippen LogP) is 0.656. The summed E-state index contributed by atoms with van der Waals surface area (Å²) >= 11 is 3.49. The third kappa shape index (κ3) is 4.50. The number of quaternary nitrogens is 2. The molecule has 1 heterocycles. The van der Waals surface area contributed by atoms with E-state index in [9.17, 15) is 5.11 Å². The SMILES string of the molecule is COc1cccc(C[NH+]2CC[NH+](Cc3cc(Br)ccc3O)CC2)c1OC. The Morgan fingerprint density at radius 1 is 0.923 bits per heavy atom. The lowest BCUT2D eigenvalue weighted by atomic mass is 10.1. The highest BCUT2D eigenvalue weighted by Crippen LogP contribution is 2.30. The first-order valence-electron chi connectivity index (χ1n) is 8.95. The van der Waals surface area contributed by atoms with Crippen molar-refractivity contribution in [3.8, 4) is 17.2 Å². The van der Waals surface area contributed by atoms with E-state index in [2.05, 4.69) is 22.0 Å². The standard InChI is InChI=1S/C20H25BrN2O3/c1-25-19-5-3-4-15(20(19)26-2)13-22-8-10-23(11-9-22)14-16-12-17(21)6-7-18(16)24/h3-7,12,24H,8-11,13-14H2,1-2H3/p+2. The summed E-state index contributed by atoms with van der Waals surface area (Å²) in [5.74, 6) is 2.02. The molecule has 2 aromatic rings. The number of hydrogen-bond acceptors (Lipinski definition) is 3. The maximum atomic E-state index is 10.1. The Morgan fingerprint density at radius 3 is 2.19 bits per heavy atom. The Balaban J connectivity index is 1.58. The van der Waals surface area contributed by atoms with Gasteiger partial charge in [-0.1, -0.05) is 22.0 Å². The molecule has 0 spiro atoms. The van der Waals surface area contributed by atoms with Crippen LogP contribution in [0.5, 0.6) is 17.2 Å². The van der Waals surface area contributed by atoms with Crippen molar-refractivity contribution in [2.24, 2.45) is 0 Å². The van der Waals surface area contributed by atoms with Crippen LogP contribution in [0, 0.1) is 0 Å². The predicted molar refractivity (Wildman–Crippen MR) is 104 cm³/mol. The summed E-state index contributed by atoms with van der Waals surface area (Å²) in [5.41, 5.74) is 2.20. The lowest BCUT2D eigenvalue weighted by molar-refractivity contribution is -1.02. The number of aromatic hydroxyl groups is 1. The van der Waals surface area contributed by atoms with Gasteiger partial charge in [0.05, 0.1) is 19.8 Å². The van der Waals surface area contributed by atoms with Gasteiger partial charge >= 0.3 is 0 Å². The molecule has 1 aliphatic rings. The van der Waals surface area contributed by atoms with E-state index in [0.717, 1.165) is 60.8 Å². The van der Waals surface area contributed by atoms with Gasteiger partial charge in [0, 0.05) is 10.0 Å². The van der Waals surface area contributed by atoms with Gasteiger partial charge in [-0.3, -0.25) is 0 Å². The number of benzene rings is 2. The van der Waals surface area contributed by atoms with E-state index in [4.69, 9.17) is 9.47 Å². The van der Waals surface area contributed by atoms with E-state index in [0.29, 0.717) is 5.75 Å². The van der Waals surface area contributed by atoms with Crippen molar-refractivity contribution in [3.63, 3.8) is 0 Å². The maximum Gasteiger partial charge on any atom is 0.169 e. The Kier molecular flexibility index (Phi) is 6.40. The lowest BCUT2D eigenvalue weighted by Gasteiger charge is -2.30. The van der Waals surface area contributed by atoms with Crippen molar-refractivity contribution in [3.05, 3.63) is 52.0 Å². The van der Waals surface area contributed by atoms with Crippen LogP contribution >= 0.6 is 15.9 Å². The molecule has 0 aliphatic carbocycles. The average Bonchev–Trinajstić information content (AvgIpc) is 2.66. The molecule has 26 heavy (non-hydrogen) atoms. The normalized spacial score (nSPS) is 20.0. The first-order chi connectivity index (χ1) is 12.6. The zero-order chi connectivity index (χ0) is 18.5. The number of nitrogens with one attached hydrogen (secondary N) is 2. The maximum absolute atomic E-state index is 10.1. The third-order valence-electron chi connectivity index (χ3n) is 5.07. The minimum Gasteiger partial charge on any atom is -0.507 e. The highest BCUT2D eigenvalue weighted by molar-refractivity contribution is 9.10. The second-order valence-electron chi connectivity index (χ2n) is 6.78. The Morgan fingerprint density at radius 2 is 1.58 bits per heavy atom. The number of hydrogen-bond donors (Lipinski definition) is 3. The van der Waals surface area contributed by atoms with Crippen LogP contribution in [0.4, 0.5) is 0 Å². The lowest BCUT2D eigenvalue weighted by Crippen LogP contribution is -3.27. The summed E-state index contributed by atoms with van der Waals surface area (Å²) in [7, 11) is 3.37. The molecule has 3 N–H and O–H groups in total. The highest BCUT2D eigenvalue weighted by atomic mass is 79.9. The molecule has 0 unspecified atom stereocenters. The molecule has 5 nitrogen and oxygen atoms in total. The molecule has 140 valence electrons. The molecule has 0 bridgehead atoms. The summed E-state index contributed by atoms with van der Waals surface area (Å²) in [4.78, 5) is 3.07. The zero-order valence-electron chi connectivity index (χ0n) is 15.3. The monoisotopic (exact) mass is 422 g/mol. The number of piperazine rings is 1. The number of ether oxygens (including phenoxy) is 2. The molecule has 0 aromatic heterocycles. The third-order valence-corrected chi connectivity index (χ3v) is 5.56. The minimum absolute atomic E-state index is 0.386. The van der Waals surface area contributed by atoms with Crippen LogP contribution in [0.15, 0.2) is 40.9 Å². The van der Waals surface area contributed by atoms with Gasteiger partial charge in [0.2, 0.25) is 0 Å². The zero-order valence-corrected chi connectivity index (χ0v) is 16.9. The average molecular weight is 423 g/mol. The van der Waals surface area contributed by atoms with Crippen molar-refractivity contribution < 1.29 is 24.4 Å². The second-order valence-corrected chi connectivity index (χ2v) is 7.69. The van der Waals surface area contributed by atoms with Gasteiger partial charge in [0.15, 0.2) is 11.5 Å². The Labute approximate surface area is 163 Å².